The summed E-state index contributed by atoms with van der Waals surface area (Å²) in [6, 6.07) is 0.853. The summed E-state index contributed by atoms with van der Waals surface area (Å²) in [4.78, 5) is 4.46. The fourth-order valence-electron chi connectivity index (χ4n) is 3.13. The van der Waals surface area contributed by atoms with Gasteiger partial charge in [-0.05, 0) is 31.6 Å². The maximum Gasteiger partial charge on any atom is 0.203 e. The minimum Gasteiger partial charge on any atom is -0.383 e. The second-order valence-electron chi connectivity index (χ2n) is 6.57. The summed E-state index contributed by atoms with van der Waals surface area (Å²) < 4.78 is 7.48. The van der Waals surface area contributed by atoms with E-state index < -0.39 is 0 Å². The number of aromatic nitrogens is 2. The van der Waals surface area contributed by atoms with E-state index in [1.54, 1.807) is 7.11 Å². The average Bonchev–Trinajstić information content (AvgIpc) is 2.76. The van der Waals surface area contributed by atoms with Crippen LogP contribution in [-0.2, 0) is 4.74 Å². The van der Waals surface area contributed by atoms with Crippen LogP contribution < -0.4 is 5.32 Å². The summed E-state index contributed by atoms with van der Waals surface area (Å²) in [7, 11) is 1.73. The number of nitrogens with zero attached hydrogens (tertiary/aromatic N) is 2. The number of methoxy groups -OCH3 is 1. The zero-order valence-electron chi connectivity index (χ0n) is 12.6. The molecule has 1 aliphatic carbocycles. The smallest absolute Gasteiger partial charge is 0.203 e. The first-order valence-corrected chi connectivity index (χ1v) is 7.30. The third-order valence-electron chi connectivity index (χ3n) is 4.03. The molecule has 1 saturated carbocycles. The van der Waals surface area contributed by atoms with Gasteiger partial charge in [-0.2, -0.15) is 0 Å². The predicted molar refractivity (Wildman–Crippen MR) is 78.5 cm³/mol. The predicted octanol–water partition coefficient (Wildman–Crippen LogP) is 3.47. The van der Waals surface area contributed by atoms with Gasteiger partial charge >= 0.3 is 0 Å². The zero-order chi connectivity index (χ0) is 13.9. The zero-order valence-corrected chi connectivity index (χ0v) is 12.6. The number of nitrogens with one attached hydrogen (secondary N) is 1. The lowest BCUT2D eigenvalue weighted by molar-refractivity contribution is 0.181. The van der Waals surface area contributed by atoms with Crippen molar-refractivity contribution in [1.29, 1.82) is 0 Å². The highest BCUT2D eigenvalue weighted by molar-refractivity contribution is 5.28. The number of ether oxygens (including phenoxy) is 1. The van der Waals surface area contributed by atoms with Crippen LogP contribution >= 0.6 is 0 Å². The Morgan fingerprint density at radius 1 is 1.58 bits per heavy atom. The molecule has 1 aromatic heterocycles. The molecule has 0 aromatic carbocycles. The van der Waals surface area contributed by atoms with E-state index >= 15 is 0 Å². The first-order valence-electron chi connectivity index (χ1n) is 7.30. The van der Waals surface area contributed by atoms with Gasteiger partial charge in [0.05, 0.1) is 6.61 Å². The van der Waals surface area contributed by atoms with Crippen LogP contribution in [0, 0.1) is 5.41 Å². The maximum absolute atomic E-state index is 5.17. The molecule has 1 aliphatic rings. The molecule has 1 aromatic rings. The highest BCUT2D eigenvalue weighted by Gasteiger charge is 2.29. The van der Waals surface area contributed by atoms with Gasteiger partial charge in [0.2, 0.25) is 5.95 Å². The van der Waals surface area contributed by atoms with Crippen LogP contribution in [0.1, 0.15) is 52.5 Å². The van der Waals surface area contributed by atoms with E-state index in [1.165, 1.54) is 25.7 Å². The number of anilines is 1. The van der Waals surface area contributed by atoms with Crippen LogP contribution in [0.5, 0.6) is 0 Å². The normalized spacial score (nSPS) is 24.1. The van der Waals surface area contributed by atoms with E-state index in [0.29, 0.717) is 18.1 Å². The average molecular weight is 265 g/mol. The number of hydrogen-bond acceptors (Lipinski definition) is 3. The van der Waals surface area contributed by atoms with Crippen molar-refractivity contribution < 1.29 is 4.74 Å². The Labute approximate surface area is 116 Å². The highest BCUT2D eigenvalue weighted by Crippen LogP contribution is 2.41. The van der Waals surface area contributed by atoms with Gasteiger partial charge in [0.25, 0.3) is 0 Å². The van der Waals surface area contributed by atoms with Gasteiger partial charge in [-0.3, -0.25) is 0 Å². The lowest BCUT2D eigenvalue weighted by atomic mass is 9.75. The Balaban J connectivity index is 2.06. The molecular formula is C15H27N3O. The second-order valence-corrected chi connectivity index (χ2v) is 6.57. The molecule has 2 atom stereocenters. The minimum absolute atomic E-state index is 0.280. The first-order chi connectivity index (χ1) is 9.02. The van der Waals surface area contributed by atoms with E-state index in [9.17, 15) is 0 Å². The Hall–Kier alpha value is -1.03. The first kappa shape index (κ1) is 14.4. The fourth-order valence-corrected chi connectivity index (χ4v) is 3.13. The quantitative estimate of drug-likeness (QED) is 0.886. The maximum atomic E-state index is 5.17. The number of hydrogen-bond donors (Lipinski definition) is 1. The minimum atomic E-state index is 0.280. The summed E-state index contributed by atoms with van der Waals surface area (Å²) >= 11 is 0. The Kier molecular flexibility index (Phi) is 4.50. The van der Waals surface area contributed by atoms with Crippen molar-refractivity contribution in [1.82, 2.24) is 9.55 Å². The molecule has 0 bridgehead atoms. The van der Waals surface area contributed by atoms with Crippen molar-refractivity contribution in [3.63, 3.8) is 0 Å². The van der Waals surface area contributed by atoms with Gasteiger partial charge < -0.3 is 14.6 Å². The van der Waals surface area contributed by atoms with Crippen molar-refractivity contribution in [2.75, 3.05) is 19.0 Å². The molecule has 2 rings (SSSR count). The lowest BCUT2D eigenvalue weighted by Gasteiger charge is -2.36. The van der Waals surface area contributed by atoms with Gasteiger partial charge in [0.15, 0.2) is 0 Å². The molecule has 0 radical (unpaired) electrons. The summed E-state index contributed by atoms with van der Waals surface area (Å²) in [5.41, 5.74) is 0.447. The number of imidazole rings is 1. The van der Waals surface area contributed by atoms with E-state index in [-0.39, 0.29) is 6.04 Å². The molecule has 1 fully saturated rings. The van der Waals surface area contributed by atoms with Gasteiger partial charge in [-0.15, -0.1) is 0 Å². The molecule has 1 heterocycles. The highest BCUT2D eigenvalue weighted by atomic mass is 16.5. The van der Waals surface area contributed by atoms with Crippen molar-refractivity contribution in [2.24, 2.45) is 5.41 Å². The molecular weight excluding hydrogens is 238 g/mol. The molecule has 0 aliphatic heterocycles. The van der Waals surface area contributed by atoms with Crippen LogP contribution in [0.4, 0.5) is 5.95 Å². The molecule has 19 heavy (non-hydrogen) atoms. The van der Waals surface area contributed by atoms with E-state index in [2.05, 4.69) is 41.8 Å². The summed E-state index contributed by atoms with van der Waals surface area (Å²) in [5, 5.41) is 3.44. The molecule has 0 spiro atoms. The van der Waals surface area contributed by atoms with Crippen LogP contribution in [-0.4, -0.2) is 29.3 Å². The topological polar surface area (TPSA) is 39.1 Å². The lowest BCUT2D eigenvalue weighted by Crippen LogP contribution is -2.28. The summed E-state index contributed by atoms with van der Waals surface area (Å²) in [5.74, 6) is 0.979. The van der Waals surface area contributed by atoms with Crippen molar-refractivity contribution >= 4 is 5.95 Å². The van der Waals surface area contributed by atoms with Crippen LogP contribution in [0.15, 0.2) is 12.4 Å². The number of rotatable bonds is 5. The molecule has 2 unspecified atom stereocenters. The molecule has 4 nitrogen and oxygen atoms in total. The largest absolute Gasteiger partial charge is 0.383 e. The van der Waals surface area contributed by atoms with Crippen molar-refractivity contribution in [3.05, 3.63) is 12.4 Å². The van der Waals surface area contributed by atoms with E-state index in [0.717, 1.165) is 5.95 Å². The molecule has 4 heteroatoms. The van der Waals surface area contributed by atoms with Gasteiger partial charge in [-0.25, -0.2) is 4.98 Å². The molecule has 0 amide bonds. The van der Waals surface area contributed by atoms with Crippen LogP contribution in [0.25, 0.3) is 0 Å². The van der Waals surface area contributed by atoms with Crippen molar-refractivity contribution in [2.45, 2.75) is 58.5 Å². The molecule has 108 valence electrons. The Morgan fingerprint density at radius 2 is 2.37 bits per heavy atom. The monoisotopic (exact) mass is 265 g/mol. The van der Waals surface area contributed by atoms with Gasteiger partial charge in [0, 0.05) is 31.6 Å². The standard InChI is InChI=1S/C15H27N3O/c1-12(11-19-4)17-14-16-8-9-18(14)13-6-5-7-15(2,3)10-13/h8-9,12-13H,5-7,10-11H2,1-4H3,(H,16,17). The Morgan fingerprint density at radius 3 is 3.05 bits per heavy atom. The van der Waals surface area contributed by atoms with Crippen LogP contribution in [0.2, 0.25) is 0 Å². The summed E-state index contributed by atoms with van der Waals surface area (Å²) in [6.07, 6.45) is 9.13. The van der Waals surface area contributed by atoms with E-state index in [1.807, 2.05) is 6.20 Å². The van der Waals surface area contributed by atoms with Gasteiger partial charge in [0.1, 0.15) is 0 Å². The Bertz CT molecular complexity index is 400. The third-order valence-corrected chi connectivity index (χ3v) is 4.03. The van der Waals surface area contributed by atoms with Crippen LogP contribution in [0.3, 0.4) is 0 Å². The van der Waals surface area contributed by atoms with Crippen molar-refractivity contribution in [3.8, 4) is 0 Å². The summed E-state index contributed by atoms with van der Waals surface area (Å²) in [6.45, 7) is 7.56. The third kappa shape index (κ3) is 3.72. The molecule has 1 N–H and O–H groups in total. The molecule has 0 saturated heterocycles. The SMILES string of the molecule is COCC(C)Nc1nccn1C1CCCC(C)(C)C1. The van der Waals surface area contributed by atoms with E-state index in [4.69, 9.17) is 4.74 Å². The van der Waals surface area contributed by atoms with Gasteiger partial charge in [-0.1, -0.05) is 20.3 Å². The fraction of sp³-hybridized carbons (Fsp3) is 0.800. The second kappa shape index (κ2) is 5.95.